The molecule has 12 atom stereocenters. The number of amides is 6. The number of hydrogen-bond donors (Lipinski definition) is 5. The molecule has 8 aliphatic rings. The van der Waals surface area contributed by atoms with Gasteiger partial charge in [-0.2, -0.15) is 0 Å². The number of Topliss-reactive ketones (excluding diaryl/α,β-unsaturated/α-hetero) is 6. The van der Waals surface area contributed by atoms with Crippen molar-refractivity contribution in [3.63, 3.8) is 0 Å². The number of nitrogens with one attached hydrogen (secondary N) is 3. The lowest BCUT2D eigenvalue weighted by molar-refractivity contribution is -0.138. The second-order valence-corrected chi connectivity index (χ2v) is 43.9. The molecule has 5 fully saturated rings. The van der Waals surface area contributed by atoms with Crippen LogP contribution in [0.5, 0.6) is 0 Å². The van der Waals surface area contributed by atoms with E-state index in [2.05, 4.69) is 181 Å². The molecular formula is C112H142N6O14S2. The summed E-state index contributed by atoms with van der Waals surface area (Å²) in [5, 5.41) is 33.3. The van der Waals surface area contributed by atoms with E-state index in [-0.39, 0.29) is 124 Å². The highest BCUT2D eigenvalue weighted by molar-refractivity contribution is 7.14. The highest BCUT2D eigenvalue weighted by Crippen LogP contribution is 2.46. The number of carbonyl (C=O) groups is 12. The minimum Gasteiger partial charge on any atom is -0.393 e. The van der Waals surface area contributed by atoms with E-state index < -0.39 is 53.1 Å². The number of benzene rings is 5. The Morgan fingerprint density at radius 3 is 1.27 bits per heavy atom. The summed E-state index contributed by atoms with van der Waals surface area (Å²) < 4.78 is 0. The van der Waals surface area contributed by atoms with Crippen molar-refractivity contribution in [1.82, 2.24) is 30.7 Å². The van der Waals surface area contributed by atoms with Crippen LogP contribution in [0.25, 0.3) is 20.9 Å². The first kappa shape index (κ1) is 104. The van der Waals surface area contributed by atoms with Crippen molar-refractivity contribution in [2.45, 2.75) is 302 Å². The monoisotopic (exact) mass is 1860 g/mol. The third-order valence-electron chi connectivity index (χ3n) is 28.4. The van der Waals surface area contributed by atoms with Crippen LogP contribution in [0.2, 0.25) is 0 Å². The van der Waals surface area contributed by atoms with E-state index in [1.54, 1.807) is 37.4 Å². The predicted octanol–water partition coefficient (Wildman–Crippen LogP) is 21.2. The summed E-state index contributed by atoms with van der Waals surface area (Å²) in [6.07, 6.45) is 5.83. The molecular weight excluding hydrogens is 1720 g/mol. The minimum atomic E-state index is -0.655. The molecule has 2 aromatic heterocycles. The number of aryl methyl sites for hydroxylation is 3. The van der Waals surface area contributed by atoms with Crippen LogP contribution in [0.3, 0.4) is 0 Å². The summed E-state index contributed by atoms with van der Waals surface area (Å²) in [6, 6.07) is 37.8. The standard InChI is InChI=1S/C31H42O4S.C30H40O4S.3C17H20N2O2/c1-18(2)27(33)17-26(31(5,6)7)29(35)25-16-23(32)15-24(25)28(34)14-20(4)21-8-10-22(11-9-21)30-19(3)12-13-36-30;1-18(2)27(33)17-25(30(4,5)6)28(34)24-16-22(31)15-23(24)26(32)12-9-20-7-10-21(11-8-20)29-19(3)13-14-35-29;1-10(2)12-5-6-14-13(8-12)9-19(17(14)21)15-7-4-11(3)18-16(15)20;1-10(2)12-5-6-13-9-19(17(21)14(13)8-12)15-7-4-11(3)18-16(15)20;1-10(2)12-5-4-6-13-14(12)9-19(17(13)21)15-8-7-11(3)18-16(15)20/h8-13,18,20,23-26,32H,14-17H2,1-7H3;7-8,10-11,13-14,18,22-25,31H,9,12,15-17H2,1-6H3;2*5-6,8,10,15H,3-4,7,9H2,1-2H3,(H,18,20);4-6,10,15H,3,7-9H2,1-2H3,(H,18,20)/t20-,23-,24-,25?,26-;22-,23-,24?,25-;;;/m11.../s1. The fraction of sp³-hybridized carbons (Fsp3) is 0.500. The number of piperidine rings is 3. The molecule has 2 saturated carbocycles. The van der Waals surface area contributed by atoms with E-state index in [9.17, 15) is 67.7 Å². The predicted molar refractivity (Wildman–Crippen MR) is 532 cm³/mol. The second-order valence-electron chi connectivity index (χ2n) is 42.1. The van der Waals surface area contributed by atoms with E-state index in [4.69, 9.17) is 0 Å². The molecule has 0 radical (unpaired) electrons. The maximum absolute atomic E-state index is 13.7. The van der Waals surface area contributed by atoms with E-state index in [1.165, 1.54) is 43.1 Å². The average molecular weight is 1860 g/mol. The molecule has 5 unspecified atom stereocenters. The van der Waals surface area contributed by atoms with Crippen molar-refractivity contribution in [3.8, 4) is 20.9 Å². The van der Waals surface area contributed by atoms with Gasteiger partial charge in [0.2, 0.25) is 17.7 Å². The lowest BCUT2D eigenvalue weighted by Gasteiger charge is -2.33. The van der Waals surface area contributed by atoms with E-state index >= 15 is 0 Å². The van der Waals surface area contributed by atoms with Crippen LogP contribution in [0.1, 0.15) is 318 Å². The lowest BCUT2D eigenvalue weighted by atomic mass is 9.69. The Bertz CT molecular complexity index is 5530. The number of nitrogens with zero attached hydrogens (tertiary/aromatic N) is 3. The van der Waals surface area contributed by atoms with Gasteiger partial charge in [-0.1, -0.05) is 222 Å². The Morgan fingerprint density at radius 2 is 0.843 bits per heavy atom. The number of rotatable bonds is 26. The quantitative estimate of drug-likeness (QED) is 0.0337. The first-order valence-corrected chi connectivity index (χ1v) is 49.9. The van der Waals surface area contributed by atoms with Gasteiger partial charge in [-0.25, -0.2) is 0 Å². The molecule has 6 amide bonds. The van der Waals surface area contributed by atoms with Gasteiger partial charge in [-0.15, -0.1) is 22.7 Å². The maximum Gasteiger partial charge on any atom is 0.255 e. The molecule has 3 saturated heterocycles. The number of fused-ring (bicyclic) bond motifs is 3. The summed E-state index contributed by atoms with van der Waals surface area (Å²) >= 11 is 3.45. The molecule has 5 aromatic carbocycles. The highest BCUT2D eigenvalue weighted by atomic mass is 32.1. The van der Waals surface area contributed by atoms with Crippen molar-refractivity contribution in [1.29, 1.82) is 0 Å². The third kappa shape index (κ3) is 25.0. The minimum absolute atomic E-state index is 0.0189. The fourth-order valence-corrected chi connectivity index (χ4v) is 21.7. The Labute approximate surface area is 801 Å². The van der Waals surface area contributed by atoms with Gasteiger partial charge in [0.1, 0.15) is 52.8 Å². The topological polar surface area (TPSA) is 291 Å². The van der Waals surface area contributed by atoms with Crippen molar-refractivity contribution in [2.75, 3.05) is 0 Å². The van der Waals surface area contributed by atoms with Crippen LogP contribution in [-0.2, 0) is 69.2 Å². The van der Waals surface area contributed by atoms with Crippen LogP contribution in [0, 0.1) is 72.0 Å². The van der Waals surface area contributed by atoms with Crippen LogP contribution >= 0.6 is 22.7 Å². The first-order chi connectivity index (χ1) is 63.1. The molecule has 716 valence electrons. The zero-order valence-electron chi connectivity index (χ0n) is 82.2. The molecule has 8 heterocycles. The zero-order chi connectivity index (χ0) is 98.1. The number of ketones is 6. The van der Waals surface area contributed by atoms with Crippen LogP contribution < -0.4 is 16.0 Å². The molecule has 5 N–H and O–H groups in total. The number of hydrogen-bond acceptors (Lipinski definition) is 16. The van der Waals surface area contributed by atoms with Crippen LogP contribution in [-0.4, -0.2) is 125 Å². The fourth-order valence-electron chi connectivity index (χ4n) is 19.8. The van der Waals surface area contributed by atoms with Crippen molar-refractivity contribution in [3.05, 3.63) is 235 Å². The Balaban J connectivity index is 0.000000165. The van der Waals surface area contributed by atoms with Gasteiger partial charge in [0, 0.05) is 136 Å². The van der Waals surface area contributed by atoms with Gasteiger partial charge in [-0.3, -0.25) is 57.5 Å². The summed E-state index contributed by atoms with van der Waals surface area (Å²) in [4.78, 5) is 161. The Morgan fingerprint density at radius 1 is 0.440 bits per heavy atom. The molecule has 15 rings (SSSR count). The van der Waals surface area contributed by atoms with Gasteiger partial charge in [0.15, 0.2) is 0 Å². The van der Waals surface area contributed by atoms with E-state index in [1.807, 2.05) is 113 Å². The summed E-state index contributed by atoms with van der Waals surface area (Å²) in [5.41, 5.74) is 17.4. The average Bonchev–Trinajstić information content (AvgIpc) is 1.47. The molecule has 22 heteroatoms. The largest absolute Gasteiger partial charge is 0.393 e. The van der Waals surface area contributed by atoms with E-state index in [0.717, 1.165) is 86.4 Å². The molecule has 0 spiro atoms. The highest BCUT2D eigenvalue weighted by Gasteiger charge is 2.50. The van der Waals surface area contributed by atoms with Gasteiger partial charge >= 0.3 is 0 Å². The third-order valence-corrected chi connectivity index (χ3v) is 30.5. The second kappa shape index (κ2) is 44.5. The Kier molecular flexibility index (Phi) is 34.5. The lowest BCUT2D eigenvalue weighted by Crippen LogP contribution is -2.49. The SMILES string of the molecule is C=C1CCC(N2Cc3c(cccc3C(C)C)C2=O)C(=O)N1.C=C1CCC(N2Cc3cc(C(C)C)ccc3C2=O)C(=O)N1.C=C1CCC(N2Cc3ccc(C(C)C)cc3C2=O)C(=O)N1.Cc1ccsc1-c1ccc(CCC(=O)[C@@H]2C[C@@H](O)CC2C(=O)[C@@H](CC(=O)C(C)C)C(C)(C)C)cc1.Cc1ccsc1-c1ccc([C@H](C)CC(=O)[C@@H]2C[C@@H](O)CC2C(=O)[C@@H](CC(=O)C(C)C)C(C)(C)C)cc1. The number of allylic oxidation sites excluding steroid dienone is 3. The van der Waals surface area contributed by atoms with Gasteiger partial charge < -0.3 is 40.9 Å². The molecule has 20 nitrogen and oxygen atoms in total. The Hall–Kier alpha value is -10.5. The van der Waals surface area contributed by atoms with Gasteiger partial charge in [0.05, 0.1) is 12.2 Å². The van der Waals surface area contributed by atoms with Gasteiger partial charge in [0.25, 0.3) is 17.7 Å². The number of thiophene rings is 2. The molecule has 134 heavy (non-hydrogen) atoms. The molecule has 0 bridgehead atoms. The smallest absolute Gasteiger partial charge is 0.255 e. The molecule has 2 aliphatic carbocycles. The summed E-state index contributed by atoms with van der Waals surface area (Å²) in [6.45, 7) is 51.2. The zero-order valence-corrected chi connectivity index (χ0v) is 83.9. The van der Waals surface area contributed by atoms with Crippen LogP contribution in [0.4, 0.5) is 0 Å². The normalized spacial score (nSPS) is 21.7. The summed E-state index contributed by atoms with van der Waals surface area (Å²) in [5.74, 6) is -2.21. The molecule has 7 aromatic rings. The van der Waals surface area contributed by atoms with Crippen molar-refractivity contribution >= 4 is 92.8 Å². The number of aliphatic hydroxyl groups is 2. The van der Waals surface area contributed by atoms with Gasteiger partial charge in [-0.05, 0) is 227 Å². The first-order valence-electron chi connectivity index (χ1n) is 48.2. The number of carbonyl (C=O) groups excluding carboxylic acids is 12. The van der Waals surface area contributed by atoms with Crippen molar-refractivity contribution in [2.24, 2.45) is 58.2 Å². The number of aliphatic hydroxyl groups excluding tert-OH is 2. The van der Waals surface area contributed by atoms with E-state index in [0.29, 0.717) is 102 Å². The van der Waals surface area contributed by atoms with Crippen molar-refractivity contribution < 1.29 is 67.7 Å². The molecule has 6 aliphatic heterocycles. The maximum atomic E-state index is 13.7. The summed E-state index contributed by atoms with van der Waals surface area (Å²) in [7, 11) is 0. The van der Waals surface area contributed by atoms with Crippen LogP contribution in [0.15, 0.2) is 163 Å².